The van der Waals surface area contributed by atoms with Crippen molar-refractivity contribution in [1.82, 2.24) is 14.5 Å². The fourth-order valence-electron chi connectivity index (χ4n) is 4.06. The Hall–Kier alpha value is -2.54. The number of likely N-dealkylation sites (tertiary alicyclic amines) is 1. The highest BCUT2D eigenvalue weighted by atomic mass is 35.5. The van der Waals surface area contributed by atoms with Crippen molar-refractivity contribution in [2.75, 3.05) is 26.3 Å². The van der Waals surface area contributed by atoms with Crippen LogP contribution in [0.3, 0.4) is 0 Å². The van der Waals surface area contributed by atoms with E-state index in [2.05, 4.69) is 26.6 Å². The summed E-state index contributed by atoms with van der Waals surface area (Å²) in [4.78, 5) is 6.59. The third kappa shape index (κ3) is 6.50. The van der Waals surface area contributed by atoms with E-state index in [9.17, 15) is 5.11 Å². The van der Waals surface area contributed by atoms with E-state index in [1.54, 1.807) is 6.20 Å². The van der Waals surface area contributed by atoms with Crippen LogP contribution in [0.4, 0.5) is 0 Å². The smallest absolute Gasteiger partial charge is 0.138 e. The molecule has 6 nitrogen and oxygen atoms in total. The summed E-state index contributed by atoms with van der Waals surface area (Å²) in [5, 5.41) is 11.5. The van der Waals surface area contributed by atoms with Crippen molar-refractivity contribution in [2.45, 2.75) is 45.4 Å². The molecular weight excluding hydrogens is 438 g/mol. The summed E-state index contributed by atoms with van der Waals surface area (Å²) in [6.45, 7) is 8.14. The molecule has 0 amide bonds. The number of aliphatic hydroxyl groups is 1. The fourth-order valence-corrected chi connectivity index (χ4v) is 4.23. The van der Waals surface area contributed by atoms with E-state index in [0.29, 0.717) is 30.2 Å². The van der Waals surface area contributed by atoms with Crippen molar-refractivity contribution in [3.05, 3.63) is 76.8 Å². The average Bonchev–Trinajstić information content (AvgIpc) is 3.22. The predicted molar refractivity (Wildman–Crippen MR) is 130 cm³/mol. The van der Waals surface area contributed by atoms with Crippen LogP contribution in [-0.4, -0.2) is 51.5 Å². The molecule has 176 valence electrons. The number of hydrogen-bond acceptors (Lipinski definition) is 5. The van der Waals surface area contributed by atoms with E-state index in [0.717, 1.165) is 43.3 Å². The predicted octanol–water partition coefficient (Wildman–Crippen LogP) is 4.64. The van der Waals surface area contributed by atoms with Crippen molar-refractivity contribution in [3.63, 3.8) is 0 Å². The molecule has 2 heterocycles. The summed E-state index contributed by atoms with van der Waals surface area (Å²) in [7, 11) is 0. The Kier molecular flexibility index (Phi) is 7.58. The number of benzene rings is 2. The third-order valence-corrected chi connectivity index (χ3v) is 6.54. The second-order valence-corrected chi connectivity index (χ2v) is 9.29. The van der Waals surface area contributed by atoms with Gasteiger partial charge in [-0.2, -0.15) is 0 Å². The summed E-state index contributed by atoms with van der Waals surface area (Å²) < 4.78 is 13.8. The van der Waals surface area contributed by atoms with E-state index >= 15 is 0 Å². The van der Waals surface area contributed by atoms with Crippen LogP contribution < -0.4 is 9.47 Å². The lowest BCUT2D eigenvalue weighted by Gasteiger charge is -2.38. The number of ether oxygens (including phenoxy) is 2. The molecule has 0 unspecified atom stereocenters. The van der Waals surface area contributed by atoms with Gasteiger partial charge in [0.15, 0.2) is 0 Å². The van der Waals surface area contributed by atoms with Crippen LogP contribution in [-0.2, 0) is 13.1 Å². The van der Waals surface area contributed by atoms with Crippen molar-refractivity contribution in [2.24, 2.45) is 0 Å². The number of aryl methyl sites for hydroxylation is 2. The summed E-state index contributed by atoms with van der Waals surface area (Å²) in [6.07, 6.45) is 5.11. The van der Waals surface area contributed by atoms with Gasteiger partial charge in [0.05, 0.1) is 11.6 Å². The summed E-state index contributed by atoms with van der Waals surface area (Å²) in [5.41, 5.74) is 1.50. The van der Waals surface area contributed by atoms with Gasteiger partial charge >= 0.3 is 0 Å². The van der Waals surface area contributed by atoms with Crippen LogP contribution in [0.15, 0.2) is 54.9 Å². The minimum Gasteiger partial charge on any atom is -0.492 e. The van der Waals surface area contributed by atoms with E-state index in [-0.39, 0.29) is 6.61 Å². The van der Waals surface area contributed by atoms with Crippen LogP contribution in [0, 0.1) is 13.8 Å². The maximum absolute atomic E-state index is 11.0. The first-order valence-corrected chi connectivity index (χ1v) is 11.8. The zero-order valence-corrected chi connectivity index (χ0v) is 20.1. The Balaban J connectivity index is 1.20. The first-order chi connectivity index (χ1) is 15.9. The highest BCUT2D eigenvalue weighted by Crippen LogP contribution is 2.29. The molecule has 1 N–H and O–H groups in total. The highest BCUT2D eigenvalue weighted by Gasteiger charge is 2.33. The molecule has 7 heteroatoms. The molecule has 33 heavy (non-hydrogen) atoms. The van der Waals surface area contributed by atoms with Gasteiger partial charge in [0.2, 0.25) is 0 Å². The third-order valence-electron chi connectivity index (χ3n) is 6.22. The molecule has 0 bridgehead atoms. The first-order valence-electron chi connectivity index (χ1n) is 11.4. The molecule has 4 rings (SSSR count). The van der Waals surface area contributed by atoms with Gasteiger partial charge in [-0.25, -0.2) is 4.98 Å². The maximum Gasteiger partial charge on any atom is 0.138 e. The zero-order valence-electron chi connectivity index (χ0n) is 19.3. The van der Waals surface area contributed by atoms with Crippen molar-refractivity contribution < 1.29 is 14.6 Å². The largest absolute Gasteiger partial charge is 0.492 e. The zero-order chi connectivity index (χ0) is 23.3. The quantitative estimate of drug-likeness (QED) is 0.494. The van der Waals surface area contributed by atoms with E-state index in [1.807, 2.05) is 50.4 Å². The van der Waals surface area contributed by atoms with E-state index in [4.69, 9.17) is 21.1 Å². The molecule has 1 aromatic heterocycles. The Bertz CT molecular complexity index is 1040. The molecule has 0 atom stereocenters. The summed E-state index contributed by atoms with van der Waals surface area (Å²) in [5.74, 6) is 2.50. The number of imidazole rings is 1. The Morgan fingerprint density at radius 3 is 2.52 bits per heavy atom. The van der Waals surface area contributed by atoms with Gasteiger partial charge < -0.3 is 19.1 Å². The van der Waals surface area contributed by atoms with Gasteiger partial charge in [-0.05, 0) is 62.1 Å². The number of halogens is 1. The van der Waals surface area contributed by atoms with Crippen LogP contribution in [0.2, 0.25) is 5.02 Å². The van der Waals surface area contributed by atoms with Crippen LogP contribution in [0.5, 0.6) is 11.5 Å². The number of piperidine rings is 1. The summed E-state index contributed by atoms with van der Waals surface area (Å²) in [6, 6.07) is 14.0. The second-order valence-electron chi connectivity index (χ2n) is 8.88. The second kappa shape index (κ2) is 10.6. The maximum atomic E-state index is 11.0. The SMILES string of the molecule is Cc1ccc(Cl)c(OCC2(O)CCN(Cc3ccc(OCCn4ccnc4C)cc3)CC2)c1. The van der Waals surface area contributed by atoms with Crippen LogP contribution in [0.1, 0.15) is 29.8 Å². The lowest BCUT2D eigenvalue weighted by molar-refractivity contribution is -0.0537. The topological polar surface area (TPSA) is 59.8 Å². The normalized spacial score (nSPS) is 16.0. The van der Waals surface area contributed by atoms with Crippen molar-refractivity contribution in [3.8, 4) is 11.5 Å². The lowest BCUT2D eigenvalue weighted by atomic mass is 9.92. The number of aromatic nitrogens is 2. The Morgan fingerprint density at radius 2 is 1.82 bits per heavy atom. The standard InChI is InChI=1S/C26H32ClN3O3/c1-20-3-8-24(27)25(17-20)33-19-26(31)9-12-29(13-10-26)18-22-4-6-23(7-5-22)32-16-15-30-14-11-28-21(30)2/h3-8,11,14,17,31H,9-10,12-13,15-16,18-19H2,1-2H3. The highest BCUT2D eigenvalue weighted by molar-refractivity contribution is 6.32. The molecular formula is C26H32ClN3O3. The van der Waals surface area contributed by atoms with Gasteiger partial charge in [0, 0.05) is 32.0 Å². The molecule has 1 aliphatic rings. The van der Waals surface area contributed by atoms with Crippen molar-refractivity contribution in [1.29, 1.82) is 0 Å². The minimum absolute atomic E-state index is 0.259. The van der Waals surface area contributed by atoms with Gasteiger partial charge in [0.1, 0.15) is 36.1 Å². The Morgan fingerprint density at radius 1 is 1.06 bits per heavy atom. The monoisotopic (exact) mass is 469 g/mol. The molecule has 1 fully saturated rings. The molecule has 0 spiro atoms. The molecule has 0 saturated carbocycles. The van der Waals surface area contributed by atoms with Gasteiger partial charge in [-0.3, -0.25) is 4.90 Å². The lowest BCUT2D eigenvalue weighted by Crippen LogP contribution is -2.47. The van der Waals surface area contributed by atoms with Crippen LogP contribution >= 0.6 is 11.6 Å². The molecule has 0 radical (unpaired) electrons. The van der Waals surface area contributed by atoms with Gasteiger partial charge in [0.25, 0.3) is 0 Å². The molecule has 1 aliphatic heterocycles. The fraction of sp³-hybridized carbons (Fsp3) is 0.423. The molecule has 1 saturated heterocycles. The molecule has 0 aliphatic carbocycles. The first kappa shape index (κ1) is 23.6. The molecule has 3 aromatic rings. The number of nitrogens with zero attached hydrogens (tertiary/aromatic N) is 3. The Labute approximate surface area is 200 Å². The number of hydrogen-bond donors (Lipinski definition) is 1. The summed E-state index contributed by atoms with van der Waals surface area (Å²) >= 11 is 6.21. The molecule has 2 aromatic carbocycles. The van der Waals surface area contributed by atoms with E-state index < -0.39 is 5.60 Å². The van der Waals surface area contributed by atoms with Gasteiger partial charge in [-0.1, -0.05) is 29.8 Å². The van der Waals surface area contributed by atoms with Crippen LogP contribution in [0.25, 0.3) is 0 Å². The van der Waals surface area contributed by atoms with Crippen molar-refractivity contribution >= 4 is 11.6 Å². The minimum atomic E-state index is -0.825. The van der Waals surface area contributed by atoms with Gasteiger partial charge in [-0.15, -0.1) is 0 Å². The number of rotatable bonds is 9. The average molecular weight is 470 g/mol. The van der Waals surface area contributed by atoms with E-state index in [1.165, 1.54) is 5.56 Å².